The Balaban J connectivity index is 1.41. The number of nitrogens with zero attached hydrogens (tertiary/aromatic N) is 3. The highest BCUT2D eigenvalue weighted by Gasteiger charge is 2.33. The van der Waals surface area contributed by atoms with Crippen molar-refractivity contribution in [3.05, 3.63) is 54.4 Å². The first-order valence-electron chi connectivity index (χ1n) is 9.17. The van der Waals surface area contributed by atoms with Crippen molar-refractivity contribution >= 4 is 5.91 Å². The number of hydrogen-bond donors (Lipinski definition) is 1. The topological polar surface area (TPSA) is 48.7 Å². The van der Waals surface area contributed by atoms with Crippen LogP contribution in [0, 0.1) is 0 Å². The van der Waals surface area contributed by atoms with Gasteiger partial charge in [0.05, 0.1) is 6.10 Å². The number of amides is 1. The largest absolute Gasteiger partial charge is 0.391 e. The van der Waals surface area contributed by atoms with E-state index in [1.807, 2.05) is 58.3 Å². The Labute approximate surface area is 148 Å². The van der Waals surface area contributed by atoms with Crippen LogP contribution in [0.4, 0.5) is 0 Å². The van der Waals surface area contributed by atoms with Crippen LogP contribution in [0.1, 0.15) is 29.6 Å². The molecule has 5 nitrogen and oxygen atoms in total. The highest BCUT2D eigenvalue weighted by Crippen LogP contribution is 2.25. The molecule has 1 saturated carbocycles. The Morgan fingerprint density at radius 3 is 2.44 bits per heavy atom. The molecule has 132 valence electrons. The lowest BCUT2D eigenvalue weighted by atomic mass is 10.1. The van der Waals surface area contributed by atoms with Crippen molar-refractivity contribution < 1.29 is 9.90 Å². The van der Waals surface area contributed by atoms with Crippen LogP contribution in [0.3, 0.4) is 0 Å². The summed E-state index contributed by atoms with van der Waals surface area (Å²) in [7, 11) is 0. The minimum atomic E-state index is -0.194. The molecule has 2 fully saturated rings. The van der Waals surface area contributed by atoms with Gasteiger partial charge in [-0.15, -0.1) is 0 Å². The van der Waals surface area contributed by atoms with E-state index >= 15 is 0 Å². The molecule has 5 heteroatoms. The molecule has 1 aromatic heterocycles. The third-order valence-electron chi connectivity index (χ3n) is 5.51. The van der Waals surface area contributed by atoms with Crippen molar-refractivity contribution in [1.29, 1.82) is 0 Å². The van der Waals surface area contributed by atoms with Crippen molar-refractivity contribution in [2.24, 2.45) is 0 Å². The Morgan fingerprint density at radius 2 is 1.76 bits per heavy atom. The van der Waals surface area contributed by atoms with Gasteiger partial charge in [0.2, 0.25) is 0 Å². The van der Waals surface area contributed by atoms with Gasteiger partial charge < -0.3 is 14.6 Å². The quantitative estimate of drug-likeness (QED) is 0.932. The van der Waals surface area contributed by atoms with E-state index in [1.54, 1.807) is 0 Å². The van der Waals surface area contributed by atoms with E-state index in [-0.39, 0.29) is 18.1 Å². The molecule has 1 amide bonds. The van der Waals surface area contributed by atoms with Crippen molar-refractivity contribution in [3.63, 3.8) is 0 Å². The van der Waals surface area contributed by atoms with Crippen LogP contribution < -0.4 is 0 Å². The van der Waals surface area contributed by atoms with Gasteiger partial charge in [-0.1, -0.05) is 6.07 Å². The molecule has 0 spiro atoms. The fourth-order valence-corrected chi connectivity index (χ4v) is 4.09. The van der Waals surface area contributed by atoms with Gasteiger partial charge in [0.15, 0.2) is 0 Å². The maximum Gasteiger partial charge on any atom is 0.254 e. The summed E-state index contributed by atoms with van der Waals surface area (Å²) in [6.07, 6.45) is 6.87. The molecule has 1 saturated heterocycles. The molecule has 1 aliphatic carbocycles. The Morgan fingerprint density at radius 1 is 1.00 bits per heavy atom. The molecule has 2 aromatic rings. The molecule has 1 aromatic carbocycles. The van der Waals surface area contributed by atoms with Gasteiger partial charge in [-0.05, 0) is 49.6 Å². The smallest absolute Gasteiger partial charge is 0.254 e. The van der Waals surface area contributed by atoms with Gasteiger partial charge in [-0.2, -0.15) is 0 Å². The molecule has 0 unspecified atom stereocenters. The van der Waals surface area contributed by atoms with E-state index in [9.17, 15) is 9.90 Å². The average molecular weight is 339 g/mol. The minimum absolute atomic E-state index is 0.0978. The lowest BCUT2D eigenvalue weighted by molar-refractivity contribution is 0.0315. The molecular formula is C20H25N3O2. The standard InChI is InChI=1S/C20H25N3O2/c24-19-8-4-7-18(19)22-11-13-23(14-12-22)20(25)16-5-3-6-17(15-16)21-9-1-2-10-21/h1-3,5-6,9-10,15,18-19,24H,4,7-8,11-14H2/t18-,19+/m1/s1. The SMILES string of the molecule is O=C(c1cccc(-n2cccc2)c1)N1CCN([C@@H]2CCC[C@@H]2O)CC1. The van der Waals surface area contributed by atoms with Gasteiger partial charge in [0, 0.05) is 55.9 Å². The number of aromatic nitrogens is 1. The third kappa shape index (κ3) is 3.34. The second kappa shape index (κ2) is 7.02. The predicted molar refractivity (Wildman–Crippen MR) is 96.9 cm³/mol. The zero-order chi connectivity index (χ0) is 17.2. The summed E-state index contributed by atoms with van der Waals surface area (Å²) in [5, 5.41) is 10.1. The second-order valence-electron chi connectivity index (χ2n) is 7.03. The fourth-order valence-electron chi connectivity index (χ4n) is 4.09. The molecular weight excluding hydrogens is 314 g/mol. The van der Waals surface area contributed by atoms with Gasteiger partial charge >= 0.3 is 0 Å². The molecule has 2 heterocycles. The molecule has 25 heavy (non-hydrogen) atoms. The Kier molecular flexibility index (Phi) is 4.59. The van der Waals surface area contributed by atoms with Crippen LogP contribution in [-0.2, 0) is 0 Å². The van der Waals surface area contributed by atoms with Gasteiger partial charge in [-0.25, -0.2) is 0 Å². The number of aliphatic hydroxyl groups is 1. The average Bonchev–Trinajstić information content (AvgIpc) is 3.33. The van der Waals surface area contributed by atoms with Crippen LogP contribution in [0.2, 0.25) is 0 Å². The number of benzene rings is 1. The maximum absolute atomic E-state index is 12.9. The van der Waals surface area contributed by atoms with E-state index in [4.69, 9.17) is 0 Å². The summed E-state index contributed by atoms with van der Waals surface area (Å²) in [6.45, 7) is 3.17. The Hall–Kier alpha value is -2.11. The Bertz CT molecular complexity index is 720. The monoisotopic (exact) mass is 339 g/mol. The van der Waals surface area contributed by atoms with Crippen LogP contribution in [0.5, 0.6) is 0 Å². The zero-order valence-electron chi connectivity index (χ0n) is 14.4. The summed E-state index contributed by atoms with van der Waals surface area (Å²) in [5.41, 5.74) is 1.74. The zero-order valence-corrected chi connectivity index (χ0v) is 14.4. The van der Waals surface area contributed by atoms with Crippen LogP contribution in [-0.4, -0.2) is 63.7 Å². The van der Waals surface area contributed by atoms with Crippen LogP contribution in [0.25, 0.3) is 5.69 Å². The van der Waals surface area contributed by atoms with Crippen LogP contribution in [0.15, 0.2) is 48.8 Å². The minimum Gasteiger partial charge on any atom is -0.391 e. The van der Waals surface area contributed by atoms with E-state index in [0.29, 0.717) is 0 Å². The summed E-state index contributed by atoms with van der Waals surface area (Å²) in [6, 6.07) is 12.0. The first-order chi connectivity index (χ1) is 12.2. The summed E-state index contributed by atoms with van der Waals surface area (Å²) in [5.74, 6) is 0.0978. The number of carbonyl (C=O) groups is 1. The number of rotatable bonds is 3. The van der Waals surface area contributed by atoms with Crippen molar-refractivity contribution in [2.45, 2.75) is 31.4 Å². The molecule has 2 atom stereocenters. The number of aliphatic hydroxyl groups excluding tert-OH is 1. The second-order valence-corrected chi connectivity index (χ2v) is 7.03. The lowest BCUT2D eigenvalue weighted by Crippen LogP contribution is -2.53. The van der Waals surface area contributed by atoms with Gasteiger partial charge in [0.1, 0.15) is 0 Å². The normalized spacial score (nSPS) is 24.6. The molecule has 2 aliphatic rings. The number of carbonyl (C=O) groups excluding carboxylic acids is 1. The van der Waals surface area contributed by atoms with E-state index in [2.05, 4.69) is 4.90 Å². The third-order valence-corrected chi connectivity index (χ3v) is 5.51. The van der Waals surface area contributed by atoms with Gasteiger partial charge in [0.25, 0.3) is 5.91 Å². The maximum atomic E-state index is 12.9. The first-order valence-corrected chi connectivity index (χ1v) is 9.17. The molecule has 4 rings (SSSR count). The fraction of sp³-hybridized carbons (Fsp3) is 0.450. The van der Waals surface area contributed by atoms with Crippen molar-refractivity contribution in [1.82, 2.24) is 14.4 Å². The summed E-state index contributed by atoms with van der Waals surface area (Å²) >= 11 is 0. The van der Waals surface area contributed by atoms with Crippen molar-refractivity contribution in [2.75, 3.05) is 26.2 Å². The highest BCUT2D eigenvalue weighted by atomic mass is 16.3. The molecule has 0 radical (unpaired) electrons. The molecule has 1 aliphatic heterocycles. The van der Waals surface area contributed by atoms with Crippen molar-refractivity contribution in [3.8, 4) is 5.69 Å². The van der Waals surface area contributed by atoms with E-state index in [0.717, 1.165) is 56.7 Å². The molecule has 0 bridgehead atoms. The lowest BCUT2D eigenvalue weighted by Gasteiger charge is -2.39. The number of hydrogen-bond acceptors (Lipinski definition) is 3. The summed E-state index contributed by atoms with van der Waals surface area (Å²) in [4.78, 5) is 17.2. The predicted octanol–water partition coefficient (Wildman–Crippen LogP) is 2.15. The highest BCUT2D eigenvalue weighted by molar-refractivity contribution is 5.94. The summed E-state index contributed by atoms with van der Waals surface area (Å²) < 4.78 is 2.01. The van der Waals surface area contributed by atoms with Gasteiger partial charge in [-0.3, -0.25) is 9.69 Å². The van der Waals surface area contributed by atoms with E-state index in [1.165, 1.54) is 0 Å². The van der Waals surface area contributed by atoms with Crippen LogP contribution >= 0.6 is 0 Å². The van der Waals surface area contributed by atoms with E-state index < -0.39 is 0 Å². The number of piperazine rings is 1. The first kappa shape index (κ1) is 16.4. The molecule has 1 N–H and O–H groups in total.